The Morgan fingerprint density at radius 1 is 1.16 bits per heavy atom. The maximum Gasteiger partial charge on any atom is 0.259 e. The van der Waals surface area contributed by atoms with Gasteiger partial charge in [0.1, 0.15) is 0 Å². The van der Waals surface area contributed by atoms with Gasteiger partial charge in [-0.3, -0.25) is 9.59 Å². The highest BCUT2D eigenvalue weighted by atomic mass is 16.5. The zero-order chi connectivity index (χ0) is 21.8. The Labute approximate surface area is 179 Å². The molecule has 7 heteroatoms. The molecule has 0 aliphatic heterocycles. The van der Waals surface area contributed by atoms with Gasteiger partial charge < -0.3 is 14.8 Å². The Morgan fingerprint density at radius 3 is 2.77 bits per heavy atom. The number of nitrogens with zero attached hydrogens (tertiary/aromatic N) is 2. The van der Waals surface area contributed by atoms with E-state index < -0.39 is 0 Å². The molecule has 2 heterocycles. The van der Waals surface area contributed by atoms with Crippen molar-refractivity contribution < 1.29 is 9.32 Å². The highest BCUT2D eigenvalue weighted by molar-refractivity contribution is 5.82. The molecule has 0 fully saturated rings. The van der Waals surface area contributed by atoms with Gasteiger partial charge in [-0.05, 0) is 49.4 Å². The maximum absolute atomic E-state index is 12.4. The standard InChI is InChI=1S/C24H24N4O3/c1-15-11-12-20-18(13-15)14-19(24(30)26-20)23-27-22(31-28-23)10-6-9-21(29)25-16(2)17-7-4-3-5-8-17/h3-5,7-8,11-14,16H,6,9-10H2,1-2H3,(H,25,29)(H,26,30)/t16-/m0/s1. The summed E-state index contributed by atoms with van der Waals surface area (Å²) < 4.78 is 5.30. The first-order valence-corrected chi connectivity index (χ1v) is 10.3. The van der Waals surface area contributed by atoms with Crippen LogP contribution < -0.4 is 10.9 Å². The average Bonchev–Trinajstić information content (AvgIpc) is 3.22. The van der Waals surface area contributed by atoms with Gasteiger partial charge in [0, 0.05) is 18.4 Å². The molecular formula is C24H24N4O3. The predicted octanol–water partition coefficient (Wildman–Crippen LogP) is 4.09. The van der Waals surface area contributed by atoms with Gasteiger partial charge in [0.2, 0.25) is 17.6 Å². The topological polar surface area (TPSA) is 101 Å². The van der Waals surface area contributed by atoms with Crippen molar-refractivity contribution in [2.75, 3.05) is 0 Å². The van der Waals surface area contributed by atoms with Crippen molar-refractivity contribution in [3.8, 4) is 11.4 Å². The van der Waals surface area contributed by atoms with Gasteiger partial charge in [-0.15, -0.1) is 0 Å². The van der Waals surface area contributed by atoms with E-state index in [0.717, 1.165) is 22.0 Å². The molecule has 2 aromatic heterocycles. The number of rotatable bonds is 7. The van der Waals surface area contributed by atoms with Gasteiger partial charge in [0.15, 0.2) is 0 Å². The lowest BCUT2D eigenvalue weighted by atomic mass is 10.1. The van der Waals surface area contributed by atoms with E-state index in [1.807, 2.05) is 62.4 Å². The number of hydrogen-bond donors (Lipinski definition) is 2. The minimum Gasteiger partial charge on any atom is -0.350 e. The Hall–Kier alpha value is -3.74. The molecule has 31 heavy (non-hydrogen) atoms. The molecular weight excluding hydrogens is 392 g/mol. The minimum atomic E-state index is -0.266. The summed E-state index contributed by atoms with van der Waals surface area (Å²) in [6.07, 6.45) is 1.39. The summed E-state index contributed by atoms with van der Waals surface area (Å²) in [5.74, 6) is 0.627. The van der Waals surface area contributed by atoms with Gasteiger partial charge >= 0.3 is 0 Å². The van der Waals surface area contributed by atoms with Crippen LogP contribution in [0.1, 0.15) is 42.8 Å². The first kappa shape index (κ1) is 20.5. The molecule has 7 nitrogen and oxygen atoms in total. The normalized spacial score (nSPS) is 12.1. The third-order valence-electron chi connectivity index (χ3n) is 5.18. The van der Waals surface area contributed by atoms with Gasteiger partial charge in [0.25, 0.3) is 5.56 Å². The molecule has 0 saturated heterocycles. The van der Waals surface area contributed by atoms with Crippen LogP contribution in [0.4, 0.5) is 0 Å². The van der Waals surface area contributed by atoms with Crippen LogP contribution in [-0.2, 0) is 11.2 Å². The van der Waals surface area contributed by atoms with Crippen LogP contribution in [0.15, 0.2) is 63.9 Å². The number of benzene rings is 2. The summed E-state index contributed by atoms with van der Waals surface area (Å²) in [5.41, 5.74) is 3.02. The fraction of sp³-hybridized carbons (Fsp3) is 0.250. The van der Waals surface area contributed by atoms with Crippen molar-refractivity contribution in [1.29, 1.82) is 0 Å². The number of carbonyl (C=O) groups excluding carboxylic acids is 1. The fourth-order valence-electron chi connectivity index (χ4n) is 3.50. The van der Waals surface area contributed by atoms with Crippen LogP contribution >= 0.6 is 0 Å². The van der Waals surface area contributed by atoms with Crippen molar-refractivity contribution in [2.45, 2.75) is 39.2 Å². The molecule has 0 aliphatic rings. The van der Waals surface area contributed by atoms with E-state index in [2.05, 4.69) is 20.4 Å². The molecule has 4 aromatic rings. The SMILES string of the molecule is Cc1ccc2[nH]c(=O)c(-c3noc(CCCC(=O)N[C@@H](C)c4ccccc4)n3)cc2c1. The number of aryl methyl sites for hydroxylation is 2. The number of nitrogens with one attached hydrogen (secondary N) is 2. The van der Waals surface area contributed by atoms with Crippen molar-refractivity contribution in [1.82, 2.24) is 20.4 Å². The molecule has 0 unspecified atom stereocenters. The predicted molar refractivity (Wildman–Crippen MR) is 119 cm³/mol. The summed E-state index contributed by atoms with van der Waals surface area (Å²) in [6, 6.07) is 17.4. The molecule has 4 rings (SSSR count). The van der Waals surface area contributed by atoms with Crippen molar-refractivity contribution in [3.63, 3.8) is 0 Å². The number of H-pyrrole nitrogens is 1. The van der Waals surface area contributed by atoms with Crippen molar-refractivity contribution in [3.05, 3.63) is 82.0 Å². The van der Waals surface area contributed by atoms with Crippen molar-refractivity contribution in [2.24, 2.45) is 0 Å². The second-order valence-corrected chi connectivity index (χ2v) is 7.67. The number of aromatic nitrogens is 3. The first-order valence-electron chi connectivity index (χ1n) is 10.3. The quantitative estimate of drug-likeness (QED) is 0.473. The average molecular weight is 416 g/mol. The summed E-state index contributed by atoms with van der Waals surface area (Å²) >= 11 is 0. The van der Waals surface area contributed by atoms with E-state index in [0.29, 0.717) is 30.7 Å². The van der Waals surface area contributed by atoms with Gasteiger partial charge in [-0.2, -0.15) is 4.98 Å². The van der Waals surface area contributed by atoms with Crippen LogP contribution in [0.25, 0.3) is 22.3 Å². The minimum absolute atomic E-state index is 0.0302. The number of aromatic amines is 1. The van der Waals surface area contributed by atoms with Crippen LogP contribution in [0, 0.1) is 6.92 Å². The van der Waals surface area contributed by atoms with E-state index in [1.165, 1.54) is 0 Å². The first-order chi connectivity index (χ1) is 15.0. The van der Waals surface area contributed by atoms with Crippen LogP contribution in [0.2, 0.25) is 0 Å². The highest BCUT2D eigenvalue weighted by Crippen LogP contribution is 2.19. The molecule has 0 bridgehead atoms. The van der Waals surface area contributed by atoms with Gasteiger partial charge in [-0.1, -0.05) is 47.1 Å². The molecule has 0 radical (unpaired) electrons. The van der Waals surface area contributed by atoms with E-state index in [9.17, 15) is 9.59 Å². The van der Waals surface area contributed by atoms with Crippen LogP contribution in [0.3, 0.4) is 0 Å². The largest absolute Gasteiger partial charge is 0.350 e. The Balaban J connectivity index is 1.36. The van der Waals surface area contributed by atoms with Crippen molar-refractivity contribution >= 4 is 16.8 Å². The zero-order valence-corrected chi connectivity index (χ0v) is 17.5. The lowest BCUT2D eigenvalue weighted by molar-refractivity contribution is -0.121. The number of hydrogen-bond acceptors (Lipinski definition) is 5. The lowest BCUT2D eigenvalue weighted by Crippen LogP contribution is -2.26. The summed E-state index contributed by atoms with van der Waals surface area (Å²) in [7, 11) is 0. The van der Waals surface area contributed by atoms with E-state index in [-0.39, 0.29) is 23.3 Å². The number of fused-ring (bicyclic) bond motifs is 1. The van der Waals surface area contributed by atoms with Crippen LogP contribution in [0.5, 0.6) is 0 Å². The third kappa shape index (κ3) is 4.88. The Bertz CT molecular complexity index is 1260. The highest BCUT2D eigenvalue weighted by Gasteiger charge is 2.14. The van der Waals surface area contributed by atoms with Crippen LogP contribution in [-0.4, -0.2) is 21.0 Å². The van der Waals surface area contributed by atoms with Gasteiger partial charge in [0.05, 0.1) is 11.6 Å². The summed E-state index contributed by atoms with van der Waals surface area (Å²) in [6.45, 7) is 3.95. The van der Waals surface area contributed by atoms with E-state index >= 15 is 0 Å². The molecule has 0 spiro atoms. The molecule has 158 valence electrons. The molecule has 0 aliphatic carbocycles. The van der Waals surface area contributed by atoms with E-state index in [4.69, 9.17) is 4.52 Å². The van der Waals surface area contributed by atoms with E-state index in [1.54, 1.807) is 6.07 Å². The molecule has 2 aromatic carbocycles. The molecule has 0 saturated carbocycles. The Morgan fingerprint density at radius 2 is 1.97 bits per heavy atom. The monoisotopic (exact) mass is 416 g/mol. The number of amides is 1. The lowest BCUT2D eigenvalue weighted by Gasteiger charge is -2.13. The zero-order valence-electron chi connectivity index (χ0n) is 17.5. The maximum atomic E-state index is 12.4. The summed E-state index contributed by atoms with van der Waals surface area (Å²) in [5, 5.41) is 7.85. The second-order valence-electron chi connectivity index (χ2n) is 7.67. The molecule has 1 amide bonds. The molecule has 1 atom stereocenters. The number of pyridine rings is 1. The smallest absolute Gasteiger partial charge is 0.259 e. The Kier molecular flexibility index (Phi) is 5.93. The third-order valence-corrected chi connectivity index (χ3v) is 5.18. The fourth-order valence-corrected chi connectivity index (χ4v) is 3.50. The number of carbonyl (C=O) groups is 1. The molecule has 2 N–H and O–H groups in total. The second kappa shape index (κ2) is 8.95. The van der Waals surface area contributed by atoms with Gasteiger partial charge in [-0.25, -0.2) is 0 Å². The summed E-state index contributed by atoms with van der Waals surface area (Å²) in [4.78, 5) is 31.8.